The topological polar surface area (TPSA) is 76.3 Å². The van der Waals surface area contributed by atoms with Crippen molar-refractivity contribution in [1.82, 2.24) is 10.2 Å². The molecule has 0 aliphatic rings. The lowest BCUT2D eigenvalue weighted by molar-refractivity contribution is -0.156. The summed E-state index contributed by atoms with van der Waals surface area (Å²) in [5.41, 5.74) is 1.45. The molecule has 3 rings (SSSR count). The Morgan fingerprint density at radius 2 is 1.63 bits per heavy atom. The average Bonchev–Trinajstić information content (AvgIpc) is 3.10. The van der Waals surface area contributed by atoms with E-state index in [0.29, 0.717) is 16.8 Å². The number of nitrogens with zero attached hydrogens (tertiary/aromatic N) is 3. The molecule has 0 aliphatic carbocycles. The summed E-state index contributed by atoms with van der Waals surface area (Å²) in [7, 11) is -3.52. The molecule has 0 radical (unpaired) electrons. The molecule has 0 N–H and O–H groups in total. The third-order valence-electron chi connectivity index (χ3n) is 3.64. The quantitative estimate of drug-likeness (QED) is 0.656. The van der Waals surface area contributed by atoms with Crippen molar-refractivity contribution in [2.24, 2.45) is 0 Å². The fourth-order valence-electron chi connectivity index (χ4n) is 2.37. The molecule has 0 spiro atoms. The van der Waals surface area contributed by atoms with E-state index in [1.807, 2.05) is 0 Å². The molecule has 0 amide bonds. The Bertz CT molecular complexity index is 1020. The number of halogens is 3. The Morgan fingerprint density at radius 1 is 1.00 bits per heavy atom. The summed E-state index contributed by atoms with van der Waals surface area (Å²) in [6.07, 6.45) is -3.61. The summed E-state index contributed by atoms with van der Waals surface area (Å²) in [5.74, 6) is -1.69. The molecule has 1 heterocycles. The third-order valence-corrected chi connectivity index (χ3v) is 4.78. The van der Waals surface area contributed by atoms with Crippen molar-refractivity contribution in [2.75, 3.05) is 10.6 Å². The van der Waals surface area contributed by atoms with Gasteiger partial charge in [0.25, 0.3) is 0 Å². The van der Waals surface area contributed by atoms with Gasteiger partial charge in [-0.15, -0.1) is 10.2 Å². The van der Waals surface area contributed by atoms with Gasteiger partial charge in [-0.2, -0.15) is 13.2 Å². The maximum Gasteiger partial charge on any atom is 0.470 e. The van der Waals surface area contributed by atoms with Gasteiger partial charge in [0.1, 0.15) is 0 Å². The molecule has 0 unspecified atom stereocenters. The highest BCUT2D eigenvalue weighted by Crippen LogP contribution is 2.30. The first-order chi connectivity index (χ1) is 12.6. The van der Waals surface area contributed by atoms with E-state index in [-0.39, 0.29) is 12.4 Å². The second kappa shape index (κ2) is 7.03. The molecule has 0 aliphatic heterocycles. The van der Waals surface area contributed by atoms with Gasteiger partial charge >= 0.3 is 12.1 Å². The Hall–Kier alpha value is -2.88. The molecule has 0 atom stereocenters. The summed E-state index contributed by atoms with van der Waals surface area (Å²) in [5, 5.41) is 6.36. The van der Waals surface area contributed by atoms with Crippen LogP contribution in [0.25, 0.3) is 11.5 Å². The van der Waals surface area contributed by atoms with E-state index in [0.717, 1.165) is 6.26 Å². The van der Waals surface area contributed by atoms with E-state index in [1.165, 1.54) is 16.4 Å². The van der Waals surface area contributed by atoms with Crippen LogP contribution in [0.4, 0.5) is 18.9 Å². The average molecular weight is 397 g/mol. The van der Waals surface area contributed by atoms with Gasteiger partial charge in [0.2, 0.25) is 15.9 Å². The van der Waals surface area contributed by atoms with Crippen molar-refractivity contribution in [3.8, 4) is 11.5 Å². The minimum atomic E-state index is -4.71. The first kappa shape index (κ1) is 18.9. The zero-order chi connectivity index (χ0) is 19.7. The molecule has 0 saturated carbocycles. The minimum Gasteiger partial charge on any atom is -0.413 e. The lowest BCUT2D eigenvalue weighted by Crippen LogP contribution is -2.29. The van der Waals surface area contributed by atoms with Crippen LogP contribution in [-0.4, -0.2) is 24.9 Å². The number of para-hydroxylation sites is 1. The molecular weight excluding hydrogens is 383 g/mol. The van der Waals surface area contributed by atoms with Crippen LogP contribution in [0.5, 0.6) is 0 Å². The van der Waals surface area contributed by atoms with Crippen LogP contribution in [0.1, 0.15) is 11.5 Å². The zero-order valence-electron chi connectivity index (χ0n) is 14.0. The number of alkyl halides is 3. The van der Waals surface area contributed by atoms with E-state index in [2.05, 4.69) is 14.6 Å². The van der Waals surface area contributed by atoms with Crippen LogP contribution in [0.2, 0.25) is 0 Å². The Kier molecular flexibility index (Phi) is 4.92. The summed E-state index contributed by atoms with van der Waals surface area (Å²) in [4.78, 5) is 0. The van der Waals surface area contributed by atoms with E-state index in [1.54, 1.807) is 42.5 Å². The zero-order valence-corrected chi connectivity index (χ0v) is 14.8. The molecule has 1 aromatic heterocycles. The van der Waals surface area contributed by atoms with Crippen molar-refractivity contribution in [2.45, 2.75) is 12.7 Å². The van der Waals surface area contributed by atoms with Crippen molar-refractivity contribution in [3.05, 3.63) is 66.1 Å². The summed E-state index contributed by atoms with van der Waals surface area (Å²) in [6.45, 7) is 0.0702. The lowest BCUT2D eigenvalue weighted by Gasteiger charge is -2.22. The van der Waals surface area contributed by atoms with Crippen LogP contribution in [0.3, 0.4) is 0 Å². The normalized spacial score (nSPS) is 12.1. The Labute approximate surface area is 153 Å². The van der Waals surface area contributed by atoms with Crippen LogP contribution in [0, 0.1) is 0 Å². The van der Waals surface area contributed by atoms with Crippen LogP contribution in [0.15, 0.2) is 59.0 Å². The number of aromatic nitrogens is 2. The minimum absolute atomic E-state index is 0.0702. The first-order valence-electron chi connectivity index (χ1n) is 7.67. The molecule has 27 heavy (non-hydrogen) atoms. The number of benzene rings is 2. The number of anilines is 1. The highest BCUT2D eigenvalue weighted by atomic mass is 32.2. The van der Waals surface area contributed by atoms with E-state index in [9.17, 15) is 21.6 Å². The number of hydrogen-bond acceptors (Lipinski definition) is 5. The fourth-order valence-corrected chi connectivity index (χ4v) is 3.26. The molecule has 2 aromatic carbocycles. The second-order valence-electron chi connectivity index (χ2n) is 5.71. The predicted octanol–water partition coefficient (Wildman–Crippen LogP) is 3.72. The van der Waals surface area contributed by atoms with E-state index < -0.39 is 22.1 Å². The molecular formula is C17H14F3N3O3S. The van der Waals surface area contributed by atoms with Gasteiger partial charge in [-0.3, -0.25) is 4.31 Å². The SMILES string of the molecule is CS(=O)(=O)N(Cc1ccc(-c2nnc(C(F)(F)F)o2)cc1)c1ccccc1. The fraction of sp³-hybridized carbons (Fsp3) is 0.176. The van der Waals surface area contributed by atoms with Gasteiger partial charge in [-0.05, 0) is 29.8 Å². The van der Waals surface area contributed by atoms with Crippen LogP contribution >= 0.6 is 0 Å². The molecule has 142 valence electrons. The van der Waals surface area contributed by atoms with Crippen molar-refractivity contribution >= 4 is 15.7 Å². The Balaban J connectivity index is 1.83. The number of sulfonamides is 1. The third kappa shape index (κ3) is 4.45. The summed E-state index contributed by atoms with van der Waals surface area (Å²) < 4.78 is 67.7. The number of hydrogen-bond donors (Lipinski definition) is 0. The highest BCUT2D eigenvalue weighted by molar-refractivity contribution is 7.92. The van der Waals surface area contributed by atoms with Gasteiger partial charge < -0.3 is 4.42 Å². The Morgan fingerprint density at radius 3 is 2.15 bits per heavy atom. The van der Waals surface area contributed by atoms with Crippen LogP contribution in [-0.2, 0) is 22.7 Å². The maximum absolute atomic E-state index is 12.5. The van der Waals surface area contributed by atoms with Crippen molar-refractivity contribution in [3.63, 3.8) is 0 Å². The maximum atomic E-state index is 12.5. The van der Waals surface area contributed by atoms with Gasteiger partial charge in [-0.1, -0.05) is 30.3 Å². The standard InChI is InChI=1S/C17H14F3N3O3S/c1-27(24,25)23(14-5-3-2-4-6-14)11-12-7-9-13(10-8-12)15-21-22-16(26-15)17(18,19)20/h2-10H,11H2,1H3. The van der Waals surface area contributed by atoms with E-state index >= 15 is 0 Å². The second-order valence-corrected chi connectivity index (χ2v) is 7.62. The van der Waals surface area contributed by atoms with Crippen LogP contribution < -0.4 is 4.31 Å². The lowest BCUT2D eigenvalue weighted by atomic mass is 10.1. The van der Waals surface area contributed by atoms with Gasteiger partial charge in [-0.25, -0.2) is 8.42 Å². The van der Waals surface area contributed by atoms with Gasteiger partial charge in [0, 0.05) is 5.56 Å². The molecule has 0 bridgehead atoms. The van der Waals surface area contributed by atoms with Crippen molar-refractivity contribution in [1.29, 1.82) is 0 Å². The summed E-state index contributed by atoms with van der Waals surface area (Å²) >= 11 is 0. The molecule has 10 heteroatoms. The number of rotatable bonds is 5. The highest BCUT2D eigenvalue weighted by Gasteiger charge is 2.38. The molecule has 3 aromatic rings. The van der Waals surface area contributed by atoms with E-state index in [4.69, 9.17) is 0 Å². The largest absolute Gasteiger partial charge is 0.470 e. The predicted molar refractivity (Wildman–Crippen MR) is 92.2 cm³/mol. The van der Waals surface area contributed by atoms with Gasteiger partial charge in [0.05, 0.1) is 18.5 Å². The van der Waals surface area contributed by atoms with Crippen molar-refractivity contribution < 1.29 is 26.0 Å². The molecule has 0 fully saturated rings. The first-order valence-corrected chi connectivity index (χ1v) is 9.52. The smallest absolute Gasteiger partial charge is 0.413 e. The molecule has 0 saturated heterocycles. The monoisotopic (exact) mass is 397 g/mol. The molecule has 6 nitrogen and oxygen atoms in total. The summed E-state index contributed by atoms with van der Waals surface area (Å²) in [6, 6.07) is 14.7. The van der Waals surface area contributed by atoms with Gasteiger partial charge in [0.15, 0.2) is 0 Å².